The van der Waals surface area contributed by atoms with Crippen LogP contribution in [0.5, 0.6) is 0 Å². The van der Waals surface area contributed by atoms with Gasteiger partial charge in [-0.15, -0.1) is 0 Å². The number of carbonyl (C=O) groups excluding carboxylic acids is 1. The van der Waals surface area contributed by atoms with E-state index < -0.39 is 5.82 Å². The van der Waals surface area contributed by atoms with E-state index in [2.05, 4.69) is 10.6 Å². The molecule has 1 saturated carbocycles. The SMILES string of the molecule is N#Cc1cc(NCCC(=O)NC2CC2)ccc1F. The van der Waals surface area contributed by atoms with E-state index in [1.54, 1.807) is 12.1 Å². The second kappa shape index (κ2) is 5.50. The zero-order valence-electron chi connectivity index (χ0n) is 9.87. The van der Waals surface area contributed by atoms with E-state index in [9.17, 15) is 9.18 Å². The second-order valence-electron chi connectivity index (χ2n) is 4.32. The molecule has 1 aromatic rings. The van der Waals surface area contributed by atoms with Crippen molar-refractivity contribution in [3.05, 3.63) is 29.6 Å². The molecule has 0 spiro atoms. The minimum absolute atomic E-state index is 0.00225. The second-order valence-corrected chi connectivity index (χ2v) is 4.32. The predicted molar refractivity (Wildman–Crippen MR) is 65.4 cm³/mol. The number of amides is 1. The highest BCUT2D eigenvalue weighted by molar-refractivity contribution is 5.77. The maximum Gasteiger partial charge on any atom is 0.221 e. The fraction of sp³-hybridized carbons (Fsp3) is 0.385. The Morgan fingerprint density at radius 1 is 1.50 bits per heavy atom. The highest BCUT2D eigenvalue weighted by atomic mass is 19.1. The highest BCUT2D eigenvalue weighted by Gasteiger charge is 2.22. The normalized spacial score (nSPS) is 13.8. The molecule has 0 aliphatic heterocycles. The summed E-state index contributed by atoms with van der Waals surface area (Å²) in [5.74, 6) is -0.512. The van der Waals surface area contributed by atoms with Gasteiger partial charge in [0.05, 0.1) is 5.56 Å². The van der Waals surface area contributed by atoms with Crippen molar-refractivity contribution >= 4 is 11.6 Å². The summed E-state index contributed by atoms with van der Waals surface area (Å²) in [6, 6.07) is 6.37. The van der Waals surface area contributed by atoms with Crippen molar-refractivity contribution in [2.24, 2.45) is 0 Å². The fourth-order valence-electron chi connectivity index (χ4n) is 1.57. The predicted octanol–water partition coefficient (Wildman–Crippen LogP) is 1.78. The lowest BCUT2D eigenvalue weighted by atomic mass is 10.2. The number of hydrogen-bond donors (Lipinski definition) is 2. The first kappa shape index (κ1) is 12.4. The summed E-state index contributed by atoms with van der Waals surface area (Å²) in [5.41, 5.74) is 0.648. The molecular formula is C13H14FN3O. The van der Waals surface area contributed by atoms with Crippen LogP contribution in [0.1, 0.15) is 24.8 Å². The number of nitrogens with one attached hydrogen (secondary N) is 2. The summed E-state index contributed by atoms with van der Waals surface area (Å²) in [6.45, 7) is 0.467. The van der Waals surface area contributed by atoms with Gasteiger partial charge >= 0.3 is 0 Å². The minimum Gasteiger partial charge on any atom is -0.384 e. The smallest absolute Gasteiger partial charge is 0.221 e. The van der Waals surface area contributed by atoms with Gasteiger partial charge in [-0.1, -0.05) is 0 Å². The van der Waals surface area contributed by atoms with Crippen molar-refractivity contribution in [2.75, 3.05) is 11.9 Å². The maximum atomic E-state index is 13.1. The Hall–Kier alpha value is -2.09. The van der Waals surface area contributed by atoms with Crippen LogP contribution in [0, 0.1) is 17.1 Å². The molecular weight excluding hydrogens is 233 g/mol. The molecule has 0 aromatic heterocycles. The van der Waals surface area contributed by atoms with Crippen molar-refractivity contribution in [3.8, 4) is 6.07 Å². The van der Waals surface area contributed by atoms with Crippen LogP contribution in [0.15, 0.2) is 18.2 Å². The number of anilines is 1. The third-order valence-corrected chi connectivity index (χ3v) is 2.71. The van der Waals surface area contributed by atoms with Crippen LogP contribution in [0.4, 0.5) is 10.1 Å². The monoisotopic (exact) mass is 247 g/mol. The first-order valence-electron chi connectivity index (χ1n) is 5.92. The molecule has 94 valence electrons. The molecule has 0 unspecified atom stereocenters. The van der Waals surface area contributed by atoms with Gasteiger partial charge in [-0.25, -0.2) is 4.39 Å². The number of nitriles is 1. The van der Waals surface area contributed by atoms with Gasteiger partial charge in [-0.05, 0) is 31.0 Å². The molecule has 0 bridgehead atoms. The van der Waals surface area contributed by atoms with Gasteiger partial charge in [0, 0.05) is 24.7 Å². The highest BCUT2D eigenvalue weighted by Crippen LogP contribution is 2.18. The molecule has 1 amide bonds. The zero-order valence-corrected chi connectivity index (χ0v) is 9.87. The molecule has 1 aliphatic carbocycles. The van der Waals surface area contributed by atoms with E-state index in [-0.39, 0.29) is 11.5 Å². The van der Waals surface area contributed by atoms with Gasteiger partial charge in [0.2, 0.25) is 5.91 Å². The summed E-state index contributed by atoms with van der Waals surface area (Å²) in [5, 5.41) is 14.6. The van der Waals surface area contributed by atoms with Gasteiger partial charge < -0.3 is 10.6 Å². The quantitative estimate of drug-likeness (QED) is 0.833. The molecule has 1 fully saturated rings. The first-order chi connectivity index (χ1) is 8.69. The molecule has 0 radical (unpaired) electrons. The van der Waals surface area contributed by atoms with E-state index in [0.717, 1.165) is 12.8 Å². The largest absolute Gasteiger partial charge is 0.384 e. The molecule has 0 saturated heterocycles. The topological polar surface area (TPSA) is 64.9 Å². The van der Waals surface area contributed by atoms with Gasteiger partial charge in [0.15, 0.2) is 0 Å². The molecule has 18 heavy (non-hydrogen) atoms. The van der Waals surface area contributed by atoms with E-state index in [1.165, 1.54) is 12.1 Å². The van der Waals surface area contributed by atoms with Crippen LogP contribution in [0.2, 0.25) is 0 Å². The van der Waals surface area contributed by atoms with Gasteiger partial charge in [0.25, 0.3) is 0 Å². The third-order valence-electron chi connectivity index (χ3n) is 2.71. The van der Waals surface area contributed by atoms with Crippen LogP contribution in [-0.2, 0) is 4.79 Å². The van der Waals surface area contributed by atoms with E-state index in [0.29, 0.717) is 24.7 Å². The van der Waals surface area contributed by atoms with Gasteiger partial charge in [0.1, 0.15) is 11.9 Å². The first-order valence-corrected chi connectivity index (χ1v) is 5.92. The lowest BCUT2D eigenvalue weighted by Crippen LogP contribution is -2.27. The number of carbonyl (C=O) groups is 1. The standard InChI is InChI=1S/C13H14FN3O/c14-12-4-3-11(7-9(12)8-15)16-6-5-13(18)17-10-1-2-10/h3-4,7,10,16H,1-2,5-6H2,(H,17,18). The van der Waals surface area contributed by atoms with E-state index >= 15 is 0 Å². The van der Waals surface area contributed by atoms with Crippen molar-refractivity contribution in [2.45, 2.75) is 25.3 Å². The van der Waals surface area contributed by atoms with Crippen LogP contribution in [-0.4, -0.2) is 18.5 Å². The fourth-order valence-corrected chi connectivity index (χ4v) is 1.57. The molecule has 4 nitrogen and oxygen atoms in total. The summed E-state index contributed by atoms with van der Waals surface area (Å²) in [4.78, 5) is 11.4. The molecule has 1 aromatic carbocycles. The summed E-state index contributed by atoms with van der Waals surface area (Å²) >= 11 is 0. The van der Waals surface area contributed by atoms with Crippen molar-refractivity contribution < 1.29 is 9.18 Å². The Labute approximate surface area is 105 Å². The Bertz CT molecular complexity index is 491. The average molecular weight is 247 g/mol. The summed E-state index contributed by atoms with van der Waals surface area (Å²) in [6.07, 6.45) is 2.51. The summed E-state index contributed by atoms with van der Waals surface area (Å²) in [7, 11) is 0. The molecule has 2 N–H and O–H groups in total. The lowest BCUT2D eigenvalue weighted by molar-refractivity contribution is -0.120. The Morgan fingerprint density at radius 3 is 2.94 bits per heavy atom. The average Bonchev–Trinajstić information content (AvgIpc) is 3.15. The minimum atomic E-state index is -0.533. The van der Waals surface area contributed by atoms with E-state index in [1.807, 2.05) is 0 Å². The Balaban J connectivity index is 1.79. The third kappa shape index (κ3) is 3.45. The Kier molecular flexibility index (Phi) is 3.78. The molecule has 1 aliphatic rings. The van der Waals surface area contributed by atoms with Crippen molar-refractivity contribution in [3.63, 3.8) is 0 Å². The summed E-state index contributed by atoms with van der Waals surface area (Å²) < 4.78 is 13.1. The number of hydrogen-bond acceptors (Lipinski definition) is 3. The lowest BCUT2D eigenvalue weighted by Gasteiger charge is -2.07. The number of halogens is 1. The van der Waals surface area contributed by atoms with Gasteiger partial charge in [-0.2, -0.15) is 5.26 Å². The maximum absolute atomic E-state index is 13.1. The molecule has 2 rings (SSSR count). The van der Waals surface area contributed by atoms with Crippen molar-refractivity contribution in [1.82, 2.24) is 5.32 Å². The number of nitrogens with zero attached hydrogens (tertiary/aromatic N) is 1. The van der Waals surface area contributed by atoms with Crippen LogP contribution >= 0.6 is 0 Å². The molecule has 0 heterocycles. The van der Waals surface area contributed by atoms with Crippen molar-refractivity contribution in [1.29, 1.82) is 5.26 Å². The van der Waals surface area contributed by atoms with E-state index in [4.69, 9.17) is 5.26 Å². The van der Waals surface area contributed by atoms with Crippen LogP contribution in [0.25, 0.3) is 0 Å². The Morgan fingerprint density at radius 2 is 2.28 bits per heavy atom. The van der Waals surface area contributed by atoms with Crippen LogP contribution in [0.3, 0.4) is 0 Å². The molecule has 0 atom stereocenters. The van der Waals surface area contributed by atoms with Crippen LogP contribution < -0.4 is 10.6 Å². The van der Waals surface area contributed by atoms with Gasteiger partial charge in [-0.3, -0.25) is 4.79 Å². The molecule has 5 heteroatoms. The number of rotatable bonds is 5. The number of benzene rings is 1. The zero-order chi connectivity index (χ0) is 13.0.